The molecule has 0 spiro atoms. The van der Waals surface area contributed by atoms with Gasteiger partial charge in [-0.15, -0.1) is 0 Å². The number of nitrogens with zero attached hydrogens (tertiary/aromatic N) is 2. The van der Waals surface area contributed by atoms with Crippen LogP contribution in [0.2, 0.25) is 0 Å². The average molecular weight is 425 g/mol. The molecule has 1 aliphatic heterocycles. The molecule has 7 nitrogen and oxygen atoms in total. The van der Waals surface area contributed by atoms with Gasteiger partial charge in [-0.25, -0.2) is 0 Å². The monoisotopic (exact) mass is 424 g/mol. The van der Waals surface area contributed by atoms with Gasteiger partial charge in [0, 0.05) is 30.2 Å². The van der Waals surface area contributed by atoms with E-state index in [1.54, 1.807) is 18.9 Å². The molecular formula is C24H32N4O3. The fourth-order valence-corrected chi connectivity index (χ4v) is 3.46. The molecule has 31 heavy (non-hydrogen) atoms. The maximum absolute atomic E-state index is 12.7. The maximum atomic E-state index is 12.7. The molecule has 2 N–H and O–H groups in total. The number of likely N-dealkylation sites (N-methyl/N-ethyl adjacent to an activating group) is 1. The molecular weight excluding hydrogens is 392 g/mol. The Balaban J connectivity index is 1.51. The highest BCUT2D eigenvalue weighted by Crippen LogP contribution is 2.20. The van der Waals surface area contributed by atoms with E-state index >= 15 is 0 Å². The Morgan fingerprint density at radius 1 is 1.06 bits per heavy atom. The van der Waals surface area contributed by atoms with Gasteiger partial charge in [0.05, 0.1) is 25.8 Å². The van der Waals surface area contributed by atoms with Gasteiger partial charge in [-0.05, 0) is 69.3 Å². The third-order valence-corrected chi connectivity index (χ3v) is 5.82. The molecule has 1 aliphatic rings. The van der Waals surface area contributed by atoms with Crippen LogP contribution in [0.3, 0.4) is 0 Å². The molecule has 1 atom stereocenters. The van der Waals surface area contributed by atoms with Crippen LogP contribution in [0.4, 0.5) is 17.1 Å². The molecule has 2 aromatic rings. The third-order valence-electron chi connectivity index (χ3n) is 5.82. The number of carbonyl (C=O) groups excluding carboxylic acids is 2. The summed E-state index contributed by atoms with van der Waals surface area (Å²) in [5.41, 5.74) is 4.83. The molecule has 1 unspecified atom stereocenters. The maximum Gasteiger partial charge on any atom is 0.241 e. The summed E-state index contributed by atoms with van der Waals surface area (Å²) in [7, 11) is 1.77. The molecule has 2 aromatic carbocycles. The molecule has 0 radical (unpaired) electrons. The lowest BCUT2D eigenvalue weighted by Gasteiger charge is -2.29. The van der Waals surface area contributed by atoms with Crippen LogP contribution in [0.1, 0.15) is 18.1 Å². The SMILES string of the molecule is Cc1cccc(NC(=O)CN(C)C(C)C(=O)Nc2ccc(N3CCOCC3)cc2)c1C. The molecule has 1 fully saturated rings. The van der Waals surface area contributed by atoms with Crippen LogP contribution in [0, 0.1) is 13.8 Å². The molecule has 3 rings (SSSR count). The largest absolute Gasteiger partial charge is 0.378 e. The summed E-state index contributed by atoms with van der Waals surface area (Å²) in [6, 6.07) is 13.2. The molecule has 166 valence electrons. The van der Waals surface area contributed by atoms with Crippen molar-refractivity contribution in [2.24, 2.45) is 0 Å². The van der Waals surface area contributed by atoms with E-state index in [0.29, 0.717) is 0 Å². The predicted molar refractivity (Wildman–Crippen MR) is 125 cm³/mol. The first kappa shape index (κ1) is 22.8. The van der Waals surface area contributed by atoms with Crippen LogP contribution >= 0.6 is 0 Å². The number of ether oxygens (including phenoxy) is 1. The third kappa shape index (κ3) is 6.06. The highest BCUT2D eigenvalue weighted by molar-refractivity contribution is 5.96. The number of hydrogen-bond donors (Lipinski definition) is 2. The fourth-order valence-electron chi connectivity index (χ4n) is 3.46. The number of hydrogen-bond acceptors (Lipinski definition) is 5. The number of aryl methyl sites for hydroxylation is 1. The van der Waals surface area contributed by atoms with Gasteiger partial charge in [-0.3, -0.25) is 14.5 Å². The minimum absolute atomic E-state index is 0.123. The van der Waals surface area contributed by atoms with Crippen LogP contribution in [-0.2, 0) is 14.3 Å². The highest BCUT2D eigenvalue weighted by Gasteiger charge is 2.21. The van der Waals surface area contributed by atoms with Gasteiger partial charge in [0.15, 0.2) is 0 Å². The van der Waals surface area contributed by atoms with Gasteiger partial charge in [0.2, 0.25) is 11.8 Å². The van der Waals surface area contributed by atoms with Gasteiger partial charge in [0.1, 0.15) is 0 Å². The lowest BCUT2D eigenvalue weighted by Crippen LogP contribution is -2.43. The number of rotatable bonds is 7. The number of morpholine rings is 1. The fraction of sp³-hybridized carbons (Fsp3) is 0.417. The molecule has 7 heteroatoms. The Kier molecular flexibility index (Phi) is 7.65. The summed E-state index contributed by atoms with van der Waals surface area (Å²) < 4.78 is 5.39. The summed E-state index contributed by atoms with van der Waals surface area (Å²) in [6.45, 7) is 9.13. The Morgan fingerprint density at radius 2 is 1.74 bits per heavy atom. The molecule has 0 aliphatic carbocycles. The molecule has 1 saturated heterocycles. The van der Waals surface area contributed by atoms with Crippen molar-refractivity contribution in [2.45, 2.75) is 26.8 Å². The first-order valence-electron chi connectivity index (χ1n) is 10.6. The Labute approximate surface area is 184 Å². The van der Waals surface area contributed by atoms with Crippen molar-refractivity contribution in [1.29, 1.82) is 0 Å². The molecule has 2 amide bonds. The van der Waals surface area contributed by atoms with E-state index in [-0.39, 0.29) is 18.4 Å². The summed E-state index contributed by atoms with van der Waals surface area (Å²) in [5, 5.41) is 5.87. The van der Waals surface area contributed by atoms with Crippen molar-refractivity contribution in [3.05, 3.63) is 53.6 Å². The van der Waals surface area contributed by atoms with Crippen molar-refractivity contribution in [3.8, 4) is 0 Å². The van der Waals surface area contributed by atoms with E-state index in [2.05, 4.69) is 15.5 Å². The van der Waals surface area contributed by atoms with E-state index in [1.807, 2.05) is 56.3 Å². The second-order valence-corrected chi connectivity index (χ2v) is 8.02. The van der Waals surface area contributed by atoms with Gasteiger partial charge in [-0.1, -0.05) is 12.1 Å². The van der Waals surface area contributed by atoms with Gasteiger partial charge in [0.25, 0.3) is 0 Å². The minimum Gasteiger partial charge on any atom is -0.378 e. The Morgan fingerprint density at radius 3 is 2.42 bits per heavy atom. The summed E-state index contributed by atoms with van der Waals surface area (Å²) in [4.78, 5) is 29.1. The van der Waals surface area contributed by atoms with E-state index in [4.69, 9.17) is 4.74 Å². The summed E-state index contributed by atoms with van der Waals surface area (Å²) >= 11 is 0. The summed E-state index contributed by atoms with van der Waals surface area (Å²) in [5.74, 6) is -0.299. The molecule has 0 bridgehead atoms. The van der Waals surface area contributed by atoms with Gasteiger partial charge >= 0.3 is 0 Å². The number of amides is 2. The lowest BCUT2D eigenvalue weighted by atomic mass is 10.1. The van der Waals surface area contributed by atoms with Gasteiger partial charge in [-0.2, -0.15) is 0 Å². The van der Waals surface area contributed by atoms with Crippen molar-refractivity contribution in [1.82, 2.24) is 4.90 Å². The van der Waals surface area contributed by atoms with Crippen LogP contribution in [0.25, 0.3) is 0 Å². The molecule has 0 saturated carbocycles. The number of nitrogens with one attached hydrogen (secondary N) is 2. The Hall–Kier alpha value is -2.90. The van der Waals surface area contributed by atoms with Crippen LogP contribution in [0.5, 0.6) is 0 Å². The van der Waals surface area contributed by atoms with Crippen LogP contribution < -0.4 is 15.5 Å². The van der Waals surface area contributed by atoms with Crippen LogP contribution in [0.15, 0.2) is 42.5 Å². The van der Waals surface area contributed by atoms with Crippen LogP contribution in [-0.4, -0.2) is 62.7 Å². The molecule has 0 aromatic heterocycles. The first-order valence-corrected chi connectivity index (χ1v) is 10.6. The number of anilines is 3. The lowest BCUT2D eigenvalue weighted by molar-refractivity contribution is -0.122. The smallest absolute Gasteiger partial charge is 0.241 e. The normalized spacial score (nSPS) is 14.9. The van der Waals surface area contributed by atoms with Crippen molar-refractivity contribution in [2.75, 3.05) is 55.4 Å². The predicted octanol–water partition coefficient (Wildman–Crippen LogP) is 3.04. The summed E-state index contributed by atoms with van der Waals surface area (Å²) in [6.07, 6.45) is 0. The highest BCUT2D eigenvalue weighted by atomic mass is 16.5. The van der Waals surface area contributed by atoms with E-state index in [1.165, 1.54) is 0 Å². The van der Waals surface area contributed by atoms with Gasteiger partial charge < -0.3 is 20.3 Å². The van der Waals surface area contributed by atoms with Crippen molar-refractivity contribution < 1.29 is 14.3 Å². The average Bonchev–Trinajstić information content (AvgIpc) is 2.77. The minimum atomic E-state index is -0.455. The van der Waals surface area contributed by atoms with Crippen molar-refractivity contribution in [3.63, 3.8) is 0 Å². The zero-order valence-corrected chi connectivity index (χ0v) is 18.8. The second-order valence-electron chi connectivity index (χ2n) is 8.02. The van der Waals surface area contributed by atoms with Crippen molar-refractivity contribution >= 4 is 28.9 Å². The van der Waals surface area contributed by atoms with E-state index < -0.39 is 6.04 Å². The van der Waals surface area contributed by atoms with E-state index in [0.717, 1.165) is 54.5 Å². The number of benzene rings is 2. The zero-order valence-electron chi connectivity index (χ0n) is 18.8. The quantitative estimate of drug-likeness (QED) is 0.715. The van der Waals surface area contributed by atoms with E-state index in [9.17, 15) is 9.59 Å². The number of carbonyl (C=O) groups is 2. The second kappa shape index (κ2) is 10.4. The Bertz CT molecular complexity index is 908. The topological polar surface area (TPSA) is 73.9 Å². The zero-order chi connectivity index (χ0) is 22.4. The first-order chi connectivity index (χ1) is 14.8. The standard InChI is InChI=1S/C24H32N4O3/c1-17-6-5-7-22(18(17)2)26-23(29)16-27(4)19(3)24(30)25-20-8-10-21(11-9-20)28-12-14-31-15-13-28/h5-11,19H,12-16H2,1-4H3,(H,25,30)(H,26,29). The molecule has 1 heterocycles.